The number of benzene rings is 1. The van der Waals surface area contributed by atoms with Crippen molar-refractivity contribution in [3.63, 3.8) is 0 Å². The topological polar surface area (TPSA) is 99.5 Å². The molecular weight excluding hydrogens is 418 g/mol. The average molecular weight is 442 g/mol. The van der Waals surface area contributed by atoms with Crippen LogP contribution in [0, 0.1) is 0 Å². The van der Waals surface area contributed by atoms with E-state index in [-0.39, 0.29) is 18.0 Å². The van der Waals surface area contributed by atoms with Crippen molar-refractivity contribution in [1.82, 2.24) is 15.1 Å². The fourth-order valence-electron chi connectivity index (χ4n) is 2.79. The van der Waals surface area contributed by atoms with Crippen molar-refractivity contribution in [2.45, 2.75) is 19.8 Å². The van der Waals surface area contributed by atoms with Crippen LogP contribution in [0.15, 0.2) is 54.0 Å². The minimum atomic E-state index is -0.632. The van der Waals surface area contributed by atoms with Gasteiger partial charge in [-0.05, 0) is 36.9 Å². The Labute approximate surface area is 183 Å². The Morgan fingerprint density at radius 1 is 1.10 bits per heavy atom. The van der Waals surface area contributed by atoms with Gasteiger partial charge in [-0.2, -0.15) is 5.10 Å². The maximum Gasteiger partial charge on any atom is 0.342 e. The Bertz CT molecular complexity index is 1020. The second-order valence-corrected chi connectivity index (χ2v) is 7.43. The number of para-hydroxylation sites is 1. The number of nitrogens with zero attached hydrogens (tertiary/aromatic N) is 2. The lowest BCUT2D eigenvalue weighted by molar-refractivity contribution is -0.143. The molecule has 1 aromatic carbocycles. The predicted octanol–water partition coefficient (Wildman–Crippen LogP) is 3.22. The average Bonchev–Trinajstić information content (AvgIpc) is 3.46. The summed E-state index contributed by atoms with van der Waals surface area (Å²) in [6.07, 6.45) is 2.27. The van der Waals surface area contributed by atoms with Gasteiger partial charge >= 0.3 is 11.9 Å². The molecule has 0 radical (unpaired) electrons. The quantitative estimate of drug-likeness (QED) is 0.383. The molecule has 0 aliphatic carbocycles. The number of hydrogen-bond acceptors (Lipinski definition) is 7. The normalized spacial score (nSPS) is 10.5. The molecule has 1 amide bonds. The van der Waals surface area contributed by atoms with Crippen LogP contribution in [0.3, 0.4) is 0 Å². The lowest BCUT2D eigenvalue weighted by Gasteiger charge is -2.06. The van der Waals surface area contributed by atoms with Gasteiger partial charge in [0.05, 0.1) is 17.2 Å². The van der Waals surface area contributed by atoms with E-state index in [1.54, 1.807) is 17.8 Å². The van der Waals surface area contributed by atoms with Gasteiger partial charge in [-0.25, -0.2) is 9.48 Å². The van der Waals surface area contributed by atoms with Crippen LogP contribution in [-0.4, -0.2) is 47.4 Å². The highest BCUT2D eigenvalue weighted by Crippen LogP contribution is 2.28. The number of aromatic nitrogens is 2. The molecule has 0 aliphatic rings. The molecule has 3 aromatic rings. The maximum absolute atomic E-state index is 12.7. The van der Waals surface area contributed by atoms with Gasteiger partial charge < -0.3 is 14.8 Å². The van der Waals surface area contributed by atoms with E-state index in [0.29, 0.717) is 25.3 Å². The Morgan fingerprint density at radius 2 is 1.90 bits per heavy atom. The second kappa shape index (κ2) is 11.1. The third kappa shape index (κ3) is 6.26. The van der Waals surface area contributed by atoms with Crippen molar-refractivity contribution in [3.8, 4) is 16.3 Å². The number of nitrogens with one attached hydrogen (secondary N) is 1. The maximum atomic E-state index is 12.7. The van der Waals surface area contributed by atoms with Gasteiger partial charge in [0.1, 0.15) is 11.3 Å². The summed E-state index contributed by atoms with van der Waals surface area (Å²) in [7, 11) is 0. The fourth-order valence-corrected chi connectivity index (χ4v) is 3.51. The first-order valence-corrected chi connectivity index (χ1v) is 10.7. The minimum absolute atomic E-state index is 0.219. The number of thiophene rings is 1. The highest BCUT2D eigenvalue weighted by molar-refractivity contribution is 7.13. The number of hydrogen-bond donors (Lipinski definition) is 1. The molecule has 0 aliphatic heterocycles. The van der Waals surface area contributed by atoms with E-state index in [1.807, 2.05) is 47.8 Å². The summed E-state index contributed by atoms with van der Waals surface area (Å²) in [5, 5.41) is 9.06. The fraction of sp³-hybridized carbons (Fsp3) is 0.273. The Kier molecular flexibility index (Phi) is 7.94. The van der Waals surface area contributed by atoms with E-state index in [9.17, 15) is 14.4 Å². The van der Waals surface area contributed by atoms with E-state index in [2.05, 4.69) is 10.4 Å². The van der Waals surface area contributed by atoms with Crippen molar-refractivity contribution >= 4 is 29.2 Å². The first-order chi connectivity index (χ1) is 15.1. The molecule has 31 heavy (non-hydrogen) atoms. The number of carbonyl (C=O) groups excluding carboxylic acids is 3. The summed E-state index contributed by atoms with van der Waals surface area (Å²) in [5.74, 6) is -1.38. The van der Waals surface area contributed by atoms with E-state index in [1.165, 1.54) is 11.3 Å². The van der Waals surface area contributed by atoms with Gasteiger partial charge in [-0.1, -0.05) is 24.3 Å². The van der Waals surface area contributed by atoms with Crippen LogP contribution >= 0.6 is 11.3 Å². The molecule has 1 N–H and O–H groups in total. The van der Waals surface area contributed by atoms with Crippen molar-refractivity contribution in [2.75, 3.05) is 19.8 Å². The van der Waals surface area contributed by atoms with Crippen molar-refractivity contribution in [3.05, 3.63) is 59.6 Å². The van der Waals surface area contributed by atoms with Gasteiger partial charge in [-0.3, -0.25) is 9.59 Å². The first-order valence-electron chi connectivity index (χ1n) is 9.87. The smallest absolute Gasteiger partial charge is 0.342 e. The first kappa shape index (κ1) is 22.2. The number of ether oxygens (including phenoxy) is 2. The van der Waals surface area contributed by atoms with E-state index in [4.69, 9.17) is 9.47 Å². The van der Waals surface area contributed by atoms with Gasteiger partial charge in [0.25, 0.3) is 5.91 Å². The molecule has 0 saturated carbocycles. The Hall–Kier alpha value is -3.46. The Balaban J connectivity index is 1.60. The lowest BCUT2D eigenvalue weighted by Crippen LogP contribution is -2.30. The summed E-state index contributed by atoms with van der Waals surface area (Å²) in [4.78, 5) is 36.8. The molecule has 8 nitrogen and oxygen atoms in total. The zero-order valence-corrected chi connectivity index (χ0v) is 17.9. The van der Waals surface area contributed by atoms with Crippen LogP contribution in [-0.2, 0) is 19.1 Å². The van der Waals surface area contributed by atoms with E-state index in [0.717, 1.165) is 10.6 Å². The van der Waals surface area contributed by atoms with Crippen molar-refractivity contribution in [1.29, 1.82) is 0 Å². The summed E-state index contributed by atoms with van der Waals surface area (Å²) in [5.41, 5.74) is 1.58. The number of amides is 1. The Morgan fingerprint density at radius 3 is 2.61 bits per heavy atom. The summed E-state index contributed by atoms with van der Waals surface area (Å²) < 4.78 is 11.6. The second-order valence-electron chi connectivity index (χ2n) is 6.48. The highest BCUT2D eigenvalue weighted by Gasteiger charge is 2.21. The molecule has 2 heterocycles. The number of esters is 2. The number of rotatable bonds is 10. The standard InChI is InChI=1S/C22H23N3O5S/c1-2-29-20(27)11-6-12-23-19(26)15-30-22(28)17-14-25(16-8-4-3-5-9-16)24-21(17)18-10-7-13-31-18/h3-5,7-10,13-14H,2,6,11-12,15H2,1H3,(H,23,26). The van der Waals surface area contributed by atoms with Crippen LogP contribution in [0.2, 0.25) is 0 Å². The molecule has 0 bridgehead atoms. The van der Waals surface area contributed by atoms with Gasteiger partial charge in [0.15, 0.2) is 6.61 Å². The molecular formula is C22H23N3O5S. The zero-order chi connectivity index (χ0) is 22.1. The van der Waals surface area contributed by atoms with Crippen LogP contribution in [0.5, 0.6) is 0 Å². The minimum Gasteiger partial charge on any atom is -0.466 e. The van der Waals surface area contributed by atoms with Crippen LogP contribution in [0.4, 0.5) is 0 Å². The molecule has 162 valence electrons. The van der Waals surface area contributed by atoms with Crippen molar-refractivity contribution in [2.24, 2.45) is 0 Å². The summed E-state index contributed by atoms with van der Waals surface area (Å²) >= 11 is 1.46. The molecule has 0 atom stereocenters. The lowest BCUT2D eigenvalue weighted by atomic mass is 10.2. The summed E-state index contributed by atoms with van der Waals surface area (Å²) in [6, 6.07) is 13.2. The summed E-state index contributed by atoms with van der Waals surface area (Å²) in [6.45, 7) is 1.94. The van der Waals surface area contributed by atoms with Gasteiger partial charge in [0.2, 0.25) is 0 Å². The molecule has 0 saturated heterocycles. The highest BCUT2D eigenvalue weighted by atomic mass is 32.1. The van der Waals surface area contributed by atoms with Gasteiger partial charge in [0, 0.05) is 19.2 Å². The molecule has 3 rings (SSSR count). The van der Waals surface area contributed by atoms with Crippen molar-refractivity contribution < 1.29 is 23.9 Å². The molecule has 0 unspecified atom stereocenters. The molecule has 0 spiro atoms. The van der Waals surface area contributed by atoms with Crippen LogP contribution in [0.25, 0.3) is 16.3 Å². The SMILES string of the molecule is CCOC(=O)CCCNC(=O)COC(=O)c1cn(-c2ccccc2)nc1-c1cccs1. The van der Waals surface area contributed by atoms with Crippen LogP contribution in [0.1, 0.15) is 30.1 Å². The van der Waals surface area contributed by atoms with E-state index < -0.39 is 18.5 Å². The van der Waals surface area contributed by atoms with Gasteiger partial charge in [-0.15, -0.1) is 11.3 Å². The molecule has 9 heteroatoms. The van der Waals surface area contributed by atoms with E-state index >= 15 is 0 Å². The third-order valence-corrected chi connectivity index (χ3v) is 5.11. The number of carbonyl (C=O) groups is 3. The zero-order valence-electron chi connectivity index (χ0n) is 17.1. The molecule has 2 aromatic heterocycles. The monoisotopic (exact) mass is 441 g/mol. The third-order valence-electron chi connectivity index (χ3n) is 4.23. The van der Waals surface area contributed by atoms with Crippen LogP contribution < -0.4 is 5.32 Å². The predicted molar refractivity (Wildman–Crippen MR) is 116 cm³/mol. The largest absolute Gasteiger partial charge is 0.466 e. The molecule has 0 fully saturated rings.